The molecule has 2 aromatic rings. The van der Waals surface area contributed by atoms with Crippen LogP contribution >= 0.6 is 23.4 Å². The van der Waals surface area contributed by atoms with Crippen molar-refractivity contribution in [3.8, 4) is 0 Å². The average Bonchev–Trinajstić information content (AvgIpc) is 2.45. The van der Waals surface area contributed by atoms with Crippen LogP contribution in [0.2, 0.25) is 5.15 Å². The van der Waals surface area contributed by atoms with Gasteiger partial charge in [0.2, 0.25) is 0 Å². The summed E-state index contributed by atoms with van der Waals surface area (Å²) in [6.45, 7) is 0.572. The lowest BCUT2D eigenvalue weighted by atomic mass is 10.4. The number of carbonyl (C=O) groups is 1. The quantitative estimate of drug-likeness (QED) is 0.680. The van der Waals surface area contributed by atoms with E-state index < -0.39 is 0 Å². The van der Waals surface area contributed by atoms with Gasteiger partial charge in [-0.2, -0.15) is 0 Å². The predicted octanol–water partition coefficient (Wildman–Crippen LogP) is 2.65. The number of benzene rings is 1. The van der Waals surface area contributed by atoms with Crippen molar-refractivity contribution in [2.24, 2.45) is 0 Å². The monoisotopic (exact) mass is 293 g/mol. The zero-order valence-corrected chi connectivity index (χ0v) is 11.6. The average molecular weight is 294 g/mol. The molecule has 4 nitrogen and oxygen atoms in total. The van der Waals surface area contributed by atoms with E-state index in [9.17, 15) is 4.79 Å². The number of thioether (sulfide) groups is 1. The van der Waals surface area contributed by atoms with E-state index in [0.717, 1.165) is 5.75 Å². The number of carbonyl (C=O) groups excluding carboxylic acids is 1. The van der Waals surface area contributed by atoms with Gasteiger partial charge in [-0.25, -0.2) is 9.97 Å². The predicted molar refractivity (Wildman–Crippen MR) is 76.5 cm³/mol. The Kier molecular flexibility index (Phi) is 5.18. The van der Waals surface area contributed by atoms with Crippen LogP contribution in [0.15, 0.2) is 47.6 Å². The normalized spacial score (nSPS) is 10.2. The molecule has 0 aliphatic carbocycles. The van der Waals surface area contributed by atoms with Gasteiger partial charge in [-0.05, 0) is 12.1 Å². The van der Waals surface area contributed by atoms with Crippen molar-refractivity contribution < 1.29 is 4.79 Å². The number of rotatable bonds is 5. The maximum Gasteiger partial charge on any atom is 0.271 e. The molecule has 0 saturated heterocycles. The molecule has 0 aliphatic rings. The minimum absolute atomic E-state index is 0.238. The molecule has 0 spiro atoms. The Labute approximate surface area is 120 Å². The molecule has 0 bridgehead atoms. The van der Waals surface area contributed by atoms with Crippen LogP contribution in [0.25, 0.3) is 0 Å². The smallest absolute Gasteiger partial charge is 0.271 e. The van der Waals surface area contributed by atoms with E-state index in [1.807, 2.05) is 30.3 Å². The van der Waals surface area contributed by atoms with E-state index >= 15 is 0 Å². The van der Waals surface area contributed by atoms with Gasteiger partial charge in [0, 0.05) is 17.2 Å². The van der Waals surface area contributed by atoms with Crippen LogP contribution in [-0.4, -0.2) is 28.2 Å². The third kappa shape index (κ3) is 4.54. The van der Waals surface area contributed by atoms with Crippen LogP contribution in [0, 0.1) is 0 Å². The summed E-state index contributed by atoms with van der Waals surface area (Å²) in [6, 6.07) is 10.0. The molecule has 1 heterocycles. The molecule has 1 amide bonds. The summed E-state index contributed by atoms with van der Waals surface area (Å²) < 4.78 is 0. The maximum absolute atomic E-state index is 11.7. The molecule has 98 valence electrons. The zero-order valence-electron chi connectivity index (χ0n) is 10.0. The van der Waals surface area contributed by atoms with E-state index in [0.29, 0.717) is 6.54 Å². The summed E-state index contributed by atoms with van der Waals surface area (Å²) in [7, 11) is 0. The van der Waals surface area contributed by atoms with Crippen LogP contribution < -0.4 is 5.32 Å². The first-order chi connectivity index (χ1) is 9.25. The molecule has 1 aromatic carbocycles. The fraction of sp³-hybridized carbons (Fsp3) is 0.154. The number of nitrogens with zero attached hydrogens (tertiary/aromatic N) is 2. The van der Waals surface area contributed by atoms with Crippen molar-refractivity contribution in [3.63, 3.8) is 0 Å². The highest BCUT2D eigenvalue weighted by Gasteiger charge is 2.06. The third-order valence-electron chi connectivity index (χ3n) is 2.25. The molecule has 19 heavy (non-hydrogen) atoms. The lowest BCUT2D eigenvalue weighted by Gasteiger charge is -2.04. The fourth-order valence-corrected chi connectivity index (χ4v) is 2.26. The Balaban J connectivity index is 1.74. The Hall–Kier alpha value is -1.59. The fourth-order valence-electron chi connectivity index (χ4n) is 1.37. The van der Waals surface area contributed by atoms with Gasteiger partial charge >= 0.3 is 0 Å². The summed E-state index contributed by atoms with van der Waals surface area (Å²) >= 11 is 7.29. The first kappa shape index (κ1) is 13.8. The summed E-state index contributed by atoms with van der Waals surface area (Å²) in [4.78, 5) is 20.6. The van der Waals surface area contributed by atoms with Crippen molar-refractivity contribution in [1.82, 2.24) is 15.3 Å². The Bertz CT molecular complexity index is 533. The molecular formula is C13H12ClN3OS. The molecule has 0 aliphatic heterocycles. The van der Waals surface area contributed by atoms with Crippen molar-refractivity contribution >= 4 is 29.3 Å². The molecule has 0 fully saturated rings. The SMILES string of the molecule is O=C(NCCSc1ccccc1)c1cnc(Cl)cn1. The second-order valence-corrected chi connectivity index (χ2v) is 5.20. The van der Waals surface area contributed by atoms with Gasteiger partial charge in [0.15, 0.2) is 0 Å². The summed E-state index contributed by atoms with van der Waals surface area (Å²) in [6.07, 6.45) is 2.72. The highest BCUT2D eigenvalue weighted by Crippen LogP contribution is 2.15. The van der Waals surface area contributed by atoms with Gasteiger partial charge in [-0.1, -0.05) is 29.8 Å². The summed E-state index contributed by atoms with van der Waals surface area (Å²) in [5.74, 6) is 0.564. The van der Waals surface area contributed by atoms with Crippen molar-refractivity contribution in [2.45, 2.75) is 4.90 Å². The van der Waals surface area contributed by atoms with Crippen LogP contribution in [-0.2, 0) is 0 Å². The van der Waals surface area contributed by atoms with Crippen LogP contribution in [0.5, 0.6) is 0 Å². The number of hydrogen-bond donors (Lipinski definition) is 1. The summed E-state index contributed by atoms with van der Waals surface area (Å²) in [5.41, 5.74) is 0.272. The van der Waals surface area contributed by atoms with E-state index in [4.69, 9.17) is 11.6 Å². The molecule has 0 radical (unpaired) electrons. The zero-order chi connectivity index (χ0) is 13.5. The topological polar surface area (TPSA) is 54.9 Å². The first-order valence-electron chi connectivity index (χ1n) is 5.69. The molecule has 0 atom stereocenters. The third-order valence-corrected chi connectivity index (χ3v) is 3.46. The van der Waals surface area contributed by atoms with E-state index in [1.54, 1.807) is 11.8 Å². The van der Waals surface area contributed by atoms with Gasteiger partial charge in [0.25, 0.3) is 5.91 Å². The van der Waals surface area contributed by atoms with Crippen LogP contribution in [0.4, 0.5) is 0 Å². The molecule has 0 unspecified atom stereocenters. The highest BCUT2D eigenvalue weighted by atomic mass is 35.5. The number of halogens is 1. The van der Waals surface area contributed by atoms with Crippen molar-refractivity contribution in [1.29, 1.82) is 0 Å². The largest absolute Gasteiger partial charge is 0.350 e. The maximum atomic E-state index is 11.7. The number of nitrogens with one attached hydrogen (secondary N) is 1. The summed E-state index contributed by atoms with van der Waals surface area (Å²) in [5, 5.41) is 3.06. The van der Waals surface area contributed by atoms with Gasteiger partial charge in [0.05, 0.1) is 12.4 Å². The molecule has 0 saturated carbocycles. The van der Waals surface area contributed by atoms with Gasteiger partial charge in [0.1, 0.15) is 10.8 Å². The van der Waals surface area contributed by atoms with Gasteiger partial charge in [-0.3, -0.25) is 4.79 Å². The van der Waals surface area contributed by atoms with Crippen molar-refractivity contribution in [3.05, 3.63) is 53.6 Å². The lowest BCUT2D eigenvalue weighted by Crippen LogP contribution is -2.26. The van der Waals surface area contributed by atoms with Gasteiger partial charge < -0.3 is 5.32 Å². The molecular weight excluding hydrogens is 282 g/mol. The number of amides is 1. The Morgan fingerprint density at radius 1 is 1.21 bits per heavy atom. The number of hydrogen-bond acceptors (Lipinski definition) is 4. The lowest BCUT2D eigenvalue weighted by molar-refractivity contribution is 0.0951. The van der Waals surface area contributed by atoms with E-state index in [-0.39, 0.29) is 16.8 Å². The highest BCUT2D eigenvalue weighted by molar-refractivity contribution is 7.99. The second-order valence-electron chi connectivity index (χ2n) is 3.64. The Morgan fingerprint density at radius 3 is 2.68 bits per heavy atom. The molecule has 2 rings (SSSR count). The molecule has 1 aromatic heterocycles. The van der Waals surface area contributed by atoms with E-state index in [2.05, 4.69) is 15.3 Å². The number of aromatic nitrogens is 2. The standard InChI is InChI=1S/C13H12ClN3OS/c14-12-9-16-11(8-17-12)13(18)15-6-7-19-10-4-2-1-3-5-10/h1-5,8-9H,6-7H2,(H,15,18). The van der Waals surface area contributed by atoms with E-state index in [1.165, 1.54) is 17.3 Å². The minimum Gasteiger partial charge on any atom is -0.350 e. The second kappa shape index (κ2) is 7.11. The van der Waals surface area contributed by atoms with Gasteiger partial charge in [-0.15, -0.1) is 11.8 Å². The Morgan fingerprint density at radius 2 is 2.00 bits per heavy atom. The minimum atomic E-state index is -0.238. The molecule has 1 N–H and O–H groups in total. The van der Waals surface area contributed by atoms with Crippen molar-refractivity contribution in [2.75, 3.05) is 12.3 Å². The van der Waals surface area contributed by atoms with Crippen LogP contribution in [0.1, 0.15) is 10.5 Å². The first-order valence-corrected chi connectivity index (χ1v) is 7.05. The van der Waals surface area contributed by atoms with Crippen LogP contribution in [0.3, 0.4) is 0 Å². The molecule has 6 heteroatoms.